The first-order valence-corrected chi connectivity index (χ1v) is 3.77. The van der Waals surface area contributed by atoms with Crippen molar-refractivity contribution in [2.24, 2.45) is 0 Å². The normalized spacial score (nSPS) is 11.0. The molecule has 0 N–H and O–H groups in total. The fraction of sp³-hybridized carbons (Fsp3) is 0.222. The summed E-state index contributed by atoms with van der Waals surface area (Å²) in [4.78, 5) is 0. The minimum atomic E-state index is -4.46. The van der Waals surface area contributed by atoms with E-state index in [9.17, 15) is 13.2 Å². The standard InChI is InChI=1S/C9H5BF3N/c10-7-2-1-6(3-4-14)8(5-7)9(11,12)13/h1-2,5H,3H2. The van der Waals surface area contributed by atoms with Gasteiger partial charge in [0.2, 0.25) is 0 Å². The Kier molecular flexibility index (Phi) is 2.85. The SMILES string of the molecule is [B]c1ccc(CC#N)c(C(F)(F)F)c1. The van der Waals surface area contributed by atoms with Gasteiger partial charge in [-0.15, -0.1) is 0 Å². The van der Waals surface area contributed by atoms with Gasteiger partial charge >= 0.3 is 6.18 Å². The van der Waals surface area contributed by atoms with Gasteiger partial charge in [-0.1, -0.05) is 23.7 Å². The van der Waals surface area contributed by atoms with Gasteiger partial charge < -0.3 is 0 Å². The topological polar surface area (TPSA) is 23.8 Å². The molecule has 0 aliphatic heterocycles. The molecule has 0 aliphatic carbocycles. The molecule has 0 saturated carbocycles. The maximum atomic E-state index is 12.4. The predicted octanol–water partition coefficient (Wildman–Crippen LogP) is 1.57. The summed E-state index contributed by atoms with van der Waals surface area (Å²) in [6, 6.07) is 5.09. The van der Waals surface area contributed by atoms with Crippen LogP contribution in [0, 0.1) is 11.3 Å². The molecular formula is C9H5BF3N. The highest BCUT2D eigenvalue weighted by Crippen LogP contribution is 2.31. The second kappa shape index (κ2) is 3.75. The van der Waals surface area contributed by atoms with Gasteiger partial charge in [0.05, 0.1) is 18.1 Å². The average molecular weight is 195 g/mol. The largest absolute Gasteiger partial charge is 0.416 e. The van der Waals surface area contributed by atoms with Gasteiger partial charge in [0, 0.05) is 0 Å². The molecule has 1 aromatic carbocycles. The first-order valence-electron chi connectivity index (χ1n) is 3.77. The smallest absolute Gasteiger partial charge is 0.198 e. The summed E-state index contributed by atoms with van der Waals surface area (Å²) in [7, 11) is 5.24. The van der Waals surface area contributed by atoms with Crippen LogP contribution in [0.2, 0.25) is 0 Å². The van der Waals surface area contributed by atoms with Crippen LogP contribution in [0.4, 0.5) is 13.2 Å². The molecule has 1 aromatic rings. The molecule has 5 heteroatoms. The molecular weight excluding hydrogens is 190 g/mol. The van der Waals surface area contributed by atoms with Crippen molar-refractivity contribution in [3.05, 3.63) is 29.3 Å². The molecule has 0 unspecified atom stereocenters. The van der Waals surface area contributed by atoms with Crippen LogP contribution < -0.4 is 5.46 Å². The average Bonchev–Trinajstić information content (AvgIpc) is 2.07. The molecule has 0 amide bonds. The molecule has 70 valence electrons. The Labute approximate surface area is 80.6 Å². The van der Waals surface area contributed by atoms with Gasteiger partial charge in [0.25, 0.3) is 0 Å². The Hall–Kier alpha value is -1.44. The highest BCUT2D eigenvalue weighted by atomic mass is 19.4. The van der Waals surface area contributed by atoms with Crippen molar-refractivity contribution < 1.29 is 13.2 Å². The molecule has 0 heterocycles. The Morgan fingerprint density at radius 3 is 2.50 bits per heavy atom. The molecule has 0 bridgehead atoms. The van der Waals surface area contributed by atoms with Crippen LogP contribution >= 0.6 is 0 Å². The zero-order chi connectivity index (χ0) is 10.8. The number of benzene rings is 1. The molecule has 0 saturated heterocycles. The molecule has 0 atom stereocenters. The molecule has 0 aromatic heterocycles. The summed E-state index contributed by atoms with van der Waals surface area (Å²) in [5.41, 5.74) is -0.840. The second-order valence-corrected chi connectivity index (χ2v) is 2.75. The van der Waals surface area contributed by atoms with E-state index in [0.29, 0.717) is 0 Å². The van der Waals surface area contributed by atoms with Gasteiger partial charge in [0.15, 0.2) is 0 Å². The Morgan fingerprint density at radius 1 is 1.36 bits per heavy atom. The Morgan fingerprint density at radius 2 is 2.00 bits per heavy atom. The summed E-state index contributed by atoms with van der Waals surface area (Å²) >= 11 is 0. The van der Waals surface area contributed by atoms with E-state index in [0.717, 1.165) is 6.07 Å². The van der Waals surface area contributed by atoms with Crippen molar-refractivity contribution in [3.63, 3.8) is 0 Å². The third-order valence-electron chi connectivity index (χ3n) is 1.71. The van der Waals surface area contributed by atoms with E-state index in [4.69, 9.17) is 13.1 Å². The van der Waals surface area contributed by atoms with Gasteiger partial charge in [-0.2, -0.15) is 18.4 Å². The van der Waals surface area contributed by atoms with E-state index in [1.54, 1.807) is 6.07 Å². The maximum absolute atomic E-state index is 12.4. The lowest BCUT2D eigenvalue weighted by molar-refractivity contribution is -0.138. The lowest BCUT2D eigenvalue weighted by atomic mass is 9.91. The van der Waals surface area contributed by atoms with Crippen molar-refractivity contribution in [1.29, 1.82) is 5.26 Å². The van der Waals surface area contributed by atoms with E-state index in [-0.39, 0.29) is 17.4 Å². The minimum Gasteiger partial charge on any atom is -0.198 e. The minimum absolute atomic E-state index is 0.0408. The van der Waals surface area contributed by atoms with E-state index in [2.05, 4.69) is 0 Å². The molecule has 1 rings (SSSR count). The molecule has 14 heavy (non-hydrogen) atoms. The molecule has 0 aliphatic rings. The van der Waals surface area contributed by atoms with Crippen LogP contribution in [0.5, 0.6) is 0 Å². The summed E-state index contributed by atoms with van der Waals surface area (Å²) in [5, 5.41) is 8.33. The lowest BCUT2D eigenvalue weighted by Crippen LogP contribution is -2.14. The predicted molar refractivity (Wildman–Crippen MR) is 46.1 cm³/mol. The van der Waals surface area contributed by atoms with Crippen LogP contribution in [-0.4, -0.2) is 7.85 Å². The number of rotatable bonds is 1. The Balaban J connectivity index is 3.24. The van der Waals surface area contributed by atoms with Crippen molar-refractivity contribution in [2.75, 3.05) is 0 Å². The number of hydrogen-bond donors (Lipinski definition) is 0. The molecule has 2 radical (unpaired) electrons. The van der Waals surface area contributed by atoms with Gasteiger partial charge in [-0.3, -0.25) is 0 Å². The molecule has 0 spiro atoms. The lowest BCUT2D eigenvalue weighted by Gasteiger charge is -2.11. The number of hydrogen-bond acceptors (Lipinski definition) is 1. The summed E-state index contributed by atoms with van der Waals surface area (Å²) < 4.78 is 37.2. The zero-order valence-electron chi connectivity index (χ0n) is 7.10. The molecule has 0 fully saturated rings. The van der Waals surface area contributed by atoms with Crippen molar-refractivity contribution in [2.45, 2.75) is 12.6 Å². The summed E-state index contributed by atoms with van der Waals surface area (Å²) in [6.07, 6.45) is -4.73. The maximum Gasteiger partial charge on any atom is 0.416 e. The van der Waals surface area contributed by atoms with Gasteiger partial charge in [-0.25, -0.2) is 0 Å². The third kappa shape index (κ3) is 2.29. The van der Waals surface area contributed by atoms with Crippen LogP contribution in [0.1, 0.15) is 11.1 Å². The monoisotopic (exact) mass is 195 g/mol. The summed E-state index contributed by atoms with van der Waals surface area (Å²) in [5.74, 6) is 0. The first-order chi connectivity index (χ1) is 6.45. The number of halogens is 3. The van der Waals surface area contributed by atoms with Crippen molar-refractivity contribution in [1.82, 2.24) is 0 Å². The van der Waals surface area contributed by atoms with Crippen LogP contribution in [0.15, 0.2) is 18.2 Å². The fourth-order valence-corrected chi connectivity index (χ4v) is 1.10. The number of nitriles is 1. The fourth-order valence-electron chi connectivity index (χ4n) is 1.10. The third-order valence-corrected chi connectivity index (χ3v) is 1.71. The summed E-state index contributed by atoms with van der Waals surface area (Å²) in [6.45, 7) is 0. The zero-order valence-corrected chi connectivity index (χ0v) is 7.10. The molecule has 1 nitrogen and oxygen atoms in total. The number of alkyl halides is 3. The first kappa shape index (κ1) is 10.6. The quantitative estimate of drug-likeness (QED) is 0.623. The highest BCUT2D eigenvalue weighted by molar-refractivity contribution is 6.32. The van der Waals surface area contributed by atoms with Gasteiger partial charge in [0.1, 0.15) is 7.85 Å². The Bertz CT molecular complexity index is 379. The van der Waals surface area contributed by atoms with E-state index in [1.807, 2.05) is 0 Å². The second-order valence-electron chi connectivity index (χ2n) is 2.75. The van der Waals surface area contributed by atoms with Crippen molar-refractivity contribution >= 4 is 13.3 Å². The van der Waals surface area contributed by atoms with E-state index in [1.165, 1.54) is 12.1 Å². The van der Waals surface area contributed by atoms with Gasteiger partial charge in [-0.05, 0) is 5.56 Å². The number of nitrogens with zero attached hydrogens (tertiary/aromatic N) is 1. The highest BCUT2D eigenvalue weighted by Gasteiger charge is 2.32. The van der Waals surface area contributed by atoms with Crippen molar-refractivity contribution in [3.8, 4) is 6.07 Å². The van der Waals surface area contributed by atoms with Crippen LogP contribution in [0.25, 0.3) is 0 Å². The van der Waals surface area contributed by atoms with Crippen LogP contribution in [-0.2, 0) is 12.6 Å². The van der Waals surface area contributed by atoms with E-state index >= 15 is 0 Å². The van der Waals surface area contributed by atoms with Crippen LogP contribution in [0.3, 0.4) is 0 Å². The van der Waals surface area contributed by atoms with E-state index < -0.39 is 11.7 Å².